The Morgan fingerprint density at radius 2 is 1.94 bits per heavy atom. The molecule has 0 aliphatic carbocycles. The molecule has 0 amide bonds. The van der Waals surface area contributed by atoms with Crippen molar-refractivity contribution in [2.75, 3.05) is 39.8 Å². The van der Waals surface area contributed by atoms with Crippen LogP contribution in [0.4, 0.5) is 4.39 Å². The van der Waals surface area contributed by atoms with Crippen LogP contribution in [0.3, 0.4) is 0 Å². The number of benzene rings is 1. The topological polar surface area (TPSA) is 100 Å². The van der Waals surface area contributed by atoms with E-state index in [0.29, 0.717) is 50.1 Å². The minimum Gasteiger partial charge on any atom is -0.489 e. The Morgan fingerprint density at radius 1 is 1.26 bits per heavy atom. The molecule has 0 spiro atoms. The van der Waals surface area contributed by atoms with E-state index in [0.717, 1.165) is 0 Å². The minimum atomic E-state index is -3.45. The van der Waals surface area contributed by atoms with E-state index < -0.39 is 10.0 Å². The summed E-state index contributed by atoms with van der Waals surface area (Å²) < 4.78 is 50.0. The average molecular weight is 567 g/mol. The zero-order chi connectivity index (χ0) is 21.6. The van der Waals surface area contributed by atoms with Gasteiger partial charge in [-0.25, -0.2) is 12.8 Å². The van der Waals surface area contributed by atoms with Crippen LogP contribution in [-0.2, 0) is 15.8 Å². The molecule has 1 aromatic carbocycles. The maximum Gasteiger partial charge on any atom is 0.220 e. The van der Waals surface area contributed by atoms with Gasteiger partial charge in [-0.05, 0) is 31.2 Å². The number of aromatic nitrogens is 1. The lowest BCUT2D eigenvalue weighted by atomic mass is 10.3. The number of nitrogens with zero attached hydrogens (tertiary/aromatic N) is 4. The van der Waals surface area contributed by atoms with Gasteiger partial charge >= 0.3 is 0 Å². The summed E-state index contributed by atoms with van der Waals surface area (Å²) in [6.45, 7) is 4.16. The number of hydrogen-bond donors (Lipinski definition) is 1. The van der Waals surface area contributed by atoms with Crippen molar-refractivity contribution >= 4 is 40.0 Å². The molecule has 31 heavy (non-hydrogen) atoms. The number of aliphatic imine (C=N–C) groups is 1. The predicted molar refractivity (Wildman–Crippen MR) is 126 cm³/mol. The molecular weight excluding hydrogens is 540 g/mol. The lowest BCUT2D eigenvalue weighted by Gasteiger charge is -2.36. The number of ether oxygens (including phenoxy) is 1. The lowest BCUT2D eigenvalue weighted by molar-refractivity contribution is 0.218. The highest BCUT2D eigenvalue weighted by Gasteiger charge is 2.29. The van der Waals surface area contributed by atoms with Crippen LogP contribution in [0.5, 0.6) is 5.75 Å². The molecule has 0 radical (unpaired) electrons. The van der Waals surface area contributed by atoms with Gasteiger partial charge in [-0.1, -0.05) is 5.16 Å². The second-order valence-corrected chi connectivity index (χ2v) is 8.91. The van der Waals surface area contributed by atoms with Crippen LogP contribution in [0.15, 0.2) is 46.1 Å². The molecule has 3 rings (SSSR count). The summed E-state index contributed by atoms with van der Waals surface area (Å²) in [5.41, 5.74) is 0.394. The summed E-state index contributed by atoms with van der Waals surface area (Å²) in [5.74, 6) is 0.787. The molecule has 1 unspecified atom stereocenters. The molecule has 1 fully saturated rings. The first kappa shape index (κ1) is 25.3. The van der Waals surface area contributed by atoms with E-state index in [9.17, 15) is 12.8 Å². The first-order chi connectivity index (χ1) is 14.4. The highest BCUT2D eigenvalue weighted by molar-refractivity contribution is 14.0. The first-order valence-electron chi connectivity index (χ1n) is 9.62. The van der Waals surface area contributed by atoms with Gasteiger partial charge in [-0.15, -0.1) is 24.0 Å². The summed E-state index contributed by atoms with van der Waals surface area (Å²) in [6, 6.07) is 7.42. The number of sulfonamides is 1. The minimum absolute atomic E-state index is 0. The lowest BCUT2D eigenvalue weighted by Crippen LogP contribution is -2.54. The standard InChI is InChI=1S/C19H26FN5O4S.HI/c1-15(29-18-5-3-16(20)4-6-18)13-22-19(21-2)24-8-10-25(11-9-24)30(26,27)14-17-7-12-28-23-17;/h3-7,12,15H,8-11,13-14H2,1-2H3,(H,21,22);1H. The molecule has 1 aliphatic rings. The number of halogens is 2. The molecule has 2 aromatic rings. The quantitative estimate of drug-likeness (QED) is 0.310. The van der Waals surface area contributed by atoms with Crippen LogP contribution in [0.25, 0.3) is 0 Å². The van der Waals surface area contributed by atoms with Crippen LogP contribution in [0.2, 0.25) is 0 Å². The van der Waals surface area contributed by atoms with Gasteiger partial charge in [0.05, 0.1) is 12.2 Å². The van der Waals surface area contributed by atoms with Gasteiger partial charge in [0.15, 0.2) is 5.96 Å². The van der Waals surface area contributed by atoms with Crippen LogP contribution in [-0.4, -0.2) is 74.6 Å². The summed E-state index contributed by atoms with van der Waals surface area (Å²) in [5, 5.41) is 6.92. The van der Waals surface area contributed by atoms with Crippen molar-refractivity contribution in [3.8, 4) is 5.75 Å². The number of guanidine groups is 1. The average Bonchev–Trinajstić information content (AvgIpc) is 3.23. The number of rotatable bonds is 7. The monoisotopic (exact) mass is 567 g/mol. The second-order valence-electron chi connectivity index (χ2n) is 6.94. The molecule has 0 bridgehead atoms. The summed E-state index contributed by atoms with van der Waals surface area (Å²) in [6.07, 6.45) is 1.19. The third-order valence-corrected chi connectivity index (χ3v) is 6.48. The van der Waals surface area contributed by atoms with Crippen LogP contribution in [0, 0.1) is 5.82 Å². The Bertz CT molecular complexity index is 933. The highest BCUT2D eigenvalue weighted by Crippen LogP contribution is 2.14. The smallest absolute Gasteiger partial charge is 0.220 e. The van der Waals surface area contributed by atoms with Crippen LogP contribution < -0.4 is 10.1 Å². The zero-order valence-corrected chi connectivity index (χ0v) is 20.5. The van der Waals surface area contributed by atoms with Gasteiger partial charge in [-0.3, -0.25) is 4.99 Å². The molecule has 1 atom stereocenters. The second kappa shape index (κ2) is 11.6. The first-order valence-corrected chi connectivity index (χ1v) is 11.2. The Hall–Kier alpha value is -1.93. The van der Waals surface area contributed by atoms with E-state index in [1.165, 1.54) is 22.7 Å². The molecule has 0 saturated carbocycles. The van der Waals surface area contributed by atoms with E-state index in [-0.39, 0.29) is 41.7 Å². The van der Waals surface area contributed by atoms with Gasteiger partial charge in [0.2, 0.25) is 10.0 Å². The molecule has 1 saturated heterocycles. The highest BCUT2D eigenvalue weighted by atomic mass is 127. The van der Waals surface area contributed by atoms with Gasteiger partial charge in [0.25, 0.3) is 0 Å². The molecule has 12 heteroatoms. The zero-order valence-electron chi connectivity index (χ0n) is 17.4. The molecule has 1 N–H and O–H groups in total. The van der Waals surface area contributed by atoms with E-state index in [1.54, 1.807) is 25.2 Å². The van der Waals surface area contributed by atoms with Crippen molar-refractivity contribution in [3.05, 3.63) is 48.1 Å². The van der Waals surface area contributed by atoms with Gasteiger partial charge in [0, 0.05) is 39.3 Å². The Labute approximate surface area is 198 Å². The maximum atomic E-state index is 13.0. The molecule has 172 valence electrons. The van der Waals surface area contributed by atoms with Gasteiger partial charge < -0.3 is 19.5 Å². The largest absolute Gasteiger partial charge is 0.489 e. The van der Waals surface area contributed by atoms with Crippen LogP contribution >= 0.6 is 24.0 Å². The maximum absolute atomic E-state index is 13.0. The normalized spacial score (nSPS) is 16.5. The molecular formula is C19H27FIN5O4S. The fourth-order valence-corrected chi connectivity index (χ4v) is 4.55. The Balaban J connectivity index is 0.00000341. The van der Waals surface area contributed by atoms with Gasteiger partial charge in [-0.2, -0.15) is 4.31 Å². The molecule has 1 aliphatic heterocycles. The number of piperazine rings is 1. The van der Waals surface area contributed by atoms with Crippen molar-refractivity contribution in [1.29, 1.82) is 0 Å². The summed E-state index contributed by atoms with van der Waals surface area (Å²) in [4.78, 5) is 6.29. The van der Waals surface area contributed by atoms with E-state index >= 15 is 0 Å². The fourth-order valence-electron chi connectivity index (χ4n) is 3.12. The van der Waals surface area contributed by atoms with Crippen molar-refractivity contribution in [2.45, 2.75) is 18.8 Å². The number of hydrogen-bond acceptors (Lipinski definition) is 6. The molecule has 1 aromatic heterocycles. The van der Waals surface area contributed by atoms with Gasteiger partial charge in [0.1, 0.15) is 29.7 Å². The third-order valence-electron chi connectivity index (χ3n) is 4.66. The molecule has 9 nitrogen and oxygen atoms in total. The Kier molecular flexibility index (Phi) is 9.50. The third kappa shape index (κ3) is 7.31. The Morgan fingerprint density at radius 3 is 2.52 bits per heavy atom. The SMILES string of the molecule is CN=C(NCC(C)Oc1ccc(F)cc1)N1CCN(S(=O)(=O)Cc2ccon2)CC1.I. The van der Waals surface area contributed by atoms with E-state index in [4.69, 9.17) is 9.26 Å². The van der Waals surface area contributed by atoms with Crippen molar-refractivity contribution < 1.29 is 22.1 Å². The van der Waals surface area contributed by atoms with E-state index in [1.807, 2.05) is 11.8 Å². The van der Waals surface area contributed by atoms with Crippen molar-refractivity contribution in [1.82, 2.24) is 19.7 Å². The summed E-state index contributed by atoms with van der Waals surface area (Å²) in [7, 11) is -1.77. The van der Waals surface area contributed by atoms with E-state index in [2.05, 4.69) is 15.5 Å². The number of nitrogens with one attached hydrogen (secondary N) is 1. The fraction of sp³-hybridized carbons (Fsp3) is 0.474. The van der Waals surface area contributed by atoms with Crippen molar-refractivity contribution in [3.63, 3.8) is 0 Å². The molecule has 2 heterocycles. The van der Waals surface area contributed by atoms with Crippen molar-refractivity contribution in [2.24, 2.45) is 4.99 Å². The predicted octanol–water partition coefficient (Wildman–Crippen LogP) is 1.92. The van der Waals surface area contributed by atoms with Crippen LogP contribution in [0.1, 0.15) is 12.6 Å². The summed E-state index contributed by atoms with van der Waals surface area (Å²) >= 11 is 0.